The number of rotatable bonds is 2. The molecular formula is C17H22N4O2. The number of fused-ring (bicyclic) bond motifs is 1. The highest BCUT2D eigenvalue weighted by Crippen LogP contribution is 2.40. The zero-order valence-corrected chi connectivity index (χ0v) is 13.8. The highest BCUT2D eigenvalue weighted by molar-refractivity contribution is 6.06. The molecule has 0 spiro atoms. The molecule has 1 saturated carbocycles. The maximum atomic E-state index is 13.2. The van der Waals surface area contributed by atoms with Crippen LogP contribution in [-0.2, 0) is 0 Å². The van der Waals surface area contributed by atoms with Crippen molar-refractivity contribution in [3.05, 3.63) is 23.0 Å². The van der Waals surface area contributed by atoms with Crippen molar-refractivity contribution in [2.75, 3.05) is 13.1 Å². The van der Waals surface area contributed by atoms with Crippen molar-refractivity contribution >= 4 is 17.0 Å². The molecule has 6 nitrogen and oxygen atoms in total. The first-order valence-corrected chi connectivity index (χ1v) is 8.37. The first-order valence-electron chi connectivity index (χ1n) is 8.37. The fourth-order valence-electron chi connectivity index (χ4n) is 3.37. The Morgan fingerprint density at radius 3 is 2.91 bits per heavy atom. The van der Waals surface area contributed by atoms with E-state index in [-0.39, 0.29) is 18.0 Å². The summed E-state index contributed by atoms with van der Waals surface area (Å²) in [6.45, 7) is 7.62. The van der Waals surface area contributed by atoms with Gasteiger partial charge in [-0.15, -0.1) is 0 Å². The first-order chi connectivity index (χ1) is 11.1. The Hall–Kier alpha value is -1.95. The highest BCUT2D eigenvalue weighted by Gasteiger charge is 2.33. The molecule has 0 radical (unpaired) electrons. The van der Waals surface area contributed by atoms with E-state index in [0.29, 0.717) is 17.2 Å². The Balaban J connectivity index is 1.80. The van der Waals surface area contributed by atoms with Crippen LogP contribution in [0.4, 0.5) is 0 Å². The van der Waals surface area contributed by atoms with Gasteiger partial charge in [-0.2, -0.15) is 0 Å². The van der Waals surface area contributed by atoms with Crippen LogP contribution in [0.2, 0.25) is 0 Å². The number of piperazine rings is 1. The van der Waals surface area contributed by atoms with E-state index in [2.05, 4.69) is 29.3 Å². The second-order valence-electron chi connectivity index (χ2n) is 6.80. The minimum Gasteiger partial charge on any atom is -0.336 e. The van der Waals surface area contributed by atoms with Gasteiger partial charge < -0.3 is 14.7 Å². The fourth-order valence-corrected chi connectivity index (χ4v) is 3.37. The van der Waals surface area contributed by atoms with E-state index < -0.39 is 0 Å². The standard InChI is InChI=1S/C17H22N4O2/c1-9-11(3)21(7-6-18-9)17(22)13-8-14(12-4-5-12)19-16-15(13)10(2)20-23-16/h8-9,11-12,18H,4-7H2,1-3H3. The monoisotopic (exact) mass is 314 g/mol. The maximum absolute atomic E-state index is 13.2. The number of carbonyl (C=O) groups is 1. The van der Waals surface area contributed by atoms with Crippen LogP contribution in [0.25, 0.3) is 11.1 Å². The normalized spacial score (nSPS) is 25.1. The summed E-state index contributed by atoms with van der Waals surface area (Å²) in [4.78, 5) is 19.7. The van der Waals surface area contributed by atoms with Crippen molar-refractivity contribution in [2.24, 2.45) is 0 Å². The highest BCUT2D eigenvalue weighted by atomic mass is 16.5. The van der Waals surface area contributed by atoms with Crippen LogP contribution < -0.4 is 5.32 Å². The zero-order valence-electron chi connectivity index (χ0n) is 13.8. The van der Waals surface area contributed by atoms with Crippen molar-refractivity contribution in [2.45, 2.75) is 51.6 Å². The smallest absolute Gasteiger partial charge is 0.259 e. The Morgan fingerprint density at radius 1 is 1.39 bits per heavy atom. The molecule has 2 aliphatic rings. The van der Waals surface area contributed by atoms with E-state index in [1.807, 2.05) is 17.9 Å². The molecule has 122 valence electrons. The third-order valence-electron chi connectivity index (χ3n) is 5.16. The molecule has 6 heteroatoms. The van der Waals surface area contributed by atoms with Crippen LogP contribution in [0.3, 0.4) is 0 Å². The molecule has 1 aliphatic heterocycles. The molecule has 0 aromatic carbocycles. The molecule has 1 aliphatic carbocycles. The van der Waals surface area contributed by atoms with Gasteiger partial charge in [-0.1, -0.05) is 5.16 Å². The lowest BCUT2D eigenvalue weighted by Gasteiger charge is -2.38. The zero-order chi connectivity index (χ0) is 16.1. The van der Waals surface area contributed by atoms with Crippen molar-refractivity contribution < 1.29 is 9.32 Å². The Labute approximate surface area is 135 Å². The van der Waals surface area contributed by atoms with Gasteiger partial charge in [0.2, 0.25) is 0 Å². The molecule has 2 aromatic rings. The molecule has 2 atom stereocenters. The largest absolute Gasteiger partial charge is 0.336 e. The van der Waals surface area contributed by atoms with Gasteiger partial charge in [-0.05, 0) is 39.7 Å². The van der Waals surface area contributed by atoms with E-state index in [9.17, 15) is 4.79 Å². The second kappa shape index (κ2) is 5.30. The SMILES string of the molecule is Cc1noc2nc(C3CC3)cc(C(=O)N3CCNC(C)C3C)c12. The molecule has 1 N–H and O–H groups in total. The Bertz CT molecular complexity index is 765. The van der Waals surface area contributed by atoms with Gasteiger partial charge >= 0.3 is 0 Å². The third kappa shape index (κ3) is 2.41. The molecule has 1 amide bonds. The van der Waals surface area contributed by atoms with Crippen LogP contribution in [0.1, 0.15) is 54.4 Å². The lowest BCUT2D eigenvalue weighted by molar-refractivity contribution is 0.0604. The molecule has 0 bridgehead atoms. The Morgan fingerprint density at radius 2 is 2.17 bits per heavy atom. The molecule has 3 heterocycles. The van der Waals surface area contributed by atoms with Crippen molar-refractivity contribution in [3.8, 4) is 0 Å². The Kier molecular flexibility index (Phi) is 3.37. The summed E-state index contributed by atoms with van der Waals surface area (Å²) >= 11 is 0. The van der Waals surface area contributed by atoms with Crippen LogP contribution in [0, 0.1) is 6.92 Å². The predicted molar refractivity (Wildman–Crippen MR) is 86.5 cm³/mol. The molecule has 4 rings (SSSR count). The van der Waals surface area contributed by atoms with Crippen LogP contribution >= 0.6 is 0 Å². The van der Waals surface area contributed by atoms with Crippen molar-refractivity contribution in [1.29, 1.82) is 0 Å². The van der Waals surface area contributed by atoms with Gasteiger partial charge in [0, 0.05) is 36.8 Å². The van der Waals surface area contributed by atoms with Gasteiger partial charge in [0.15, 0.2) is 0 Å². The summed E-state index contributed by atoms with van der Waals surface area (Å²) in [6.07, 6.45) is 2.28. The molecule has 2 fully saturated rings. The molecule has 23 heavy (non-hydrogen) atoms. The molecular weight excluding hydrogens is 292 g/mol. The molecule has 2 unspecified atom stereocenters. The average Bonchev–Trinajstić information content (AvgIpc) is 3.33. The van der Waals surface area contributed by atoms with Gasteiger partial charge in [0.05, 0.1) is 16.6 Å². The summed E-state index contributed by atoms with van der Waals surface area (Å²) in [7, 11) is 0. The van der Waals surface area contributed by atoms with Gasteiger partial charge in [-0.25, -0.2) is 4.98 Å². The van der Waals surface area contributed by atoms with Gasteiger partial charge in [0.1, 0.15) is 0 Å². The number of pyridine rings is 1. The molecule has 2 aromatic heterocycles. The number of aryl methyl sites for hydroxylation is 1. The summed E-state index contributed by atoms with van der Waals surface area (Å²) < 4.78 is 5.35. The van der Waals surface area contributed by atoms with Crippen molar-refractivity contribution in [3.63, 3.8) is 0 Å². The number of hydrogen-bond donors (Lipinski definition) is 1. The first kappa shape index (κ1) is 14.6. The quantitative estimate of drug-likeness (QED) is 0.920. The summed E-state index contributed by atoms with van der Waals surface area (Å²) in [5.74, 6) is 0.530. The van der Waals surface area contributed by atoms with E-state index in [0.717, 1.165) is 42.7 Å². The number of nitrogens with zero attached hydrogens (tertiary/aromatic N) is 3. The van der Waals surface area contributed by atoms with Crippen LogP contribution in [0.15, 0.2) is 10.6 Å². The molecule has 1 saturated heterocycles. The van der Waals surface area contributed by atoms with Crippen LogP contribution in [0.5, 0.6) is 0 Å². The summed E-state index contributed by atoms with van der Waals surface area (Å²) in [5.41, 5.74) is 2.88. The number of hydrogen-bond acceptors (Lipinski definition) is 5. The van der Waals surface area contributed by atoms with E-state index in [1.165, 1.54) is 0 Å². The van der Waals surface area contributed by atoms with E-state index in [4.69, 9.17) is 4.52 Å². The lowest BCUT2D eigenvalue weighted by Crippen LogP contribution is -2.57. The number of amides is 1. The van der Waals surface area contributed by atoms with E-state index in [1.54, 1.807) is 0 Å². The summed E-state index contributed by atoms with van der Waals surface area (Å²) in [6, 6.07) is 2.41. The summed E-state index contributed by atoms with van der Waals surface area (Å²) in [5, 5.41) is 8.19. The number of aromatic nitrogens is 2. The van der Waals surface area contributed by atoms with Gasteiger partial charge in [0.25, 0.3) is 11.6 Å². The average molecular weight is 314 g/mol. The third-order valence-corrected chi connectivity index (χ3v) is 5.16. The number of nitrogens with one attached hydrogen (secondary N) is 1. The lowest BCUT2D eigenvalue weighted by atomic mass is 10.0. The predicted octanol–water partition coefficient (Wildman–Crippen LogP) is 2.23. The maximum Gasteiger partial charge on any atom is 0.259 e. The van der Waals surface area contributed by atoms with Crippen molar-refractivity contribution in [1.82, 2.24) is 20.4 Å². The van der Waals surface area contributed by atoms with Gasteiger partial charge in [-0.3, -0.25) is 4.79 Å². The number of carbonyl (C=O) groups excluding carboxylic acids is 1. The van der Waals surface area contributed by atoms with E-state index >= 15 is 0 Å². The fraction of sp³-hybridized carbons (Fsp3) is 0.588. The minimum absolute atomic E-state index is 0.0615. The second-order valence-corrected chi connectivity index (χ2v) is 6.80. The van der Waals surface area contributed by atoms with Crippen LogP contribution in [-0.4, -0.2) is 46.1 Å². The topological polar surface area (TPSA) is 71.3 Å². The minimum atomic E-state index is 0.0615.